The van der Waals surface area contributed by atoms with Gasteiger partial charge in [-0.25, -0.2) is 0 Å². The Balaban J connectivity index is 3.13. The van der Waals surface area contributed by atoms with E-state index in [9.17, 15) is 0 Å². The Kier molecular flexibility index (Phi) is 8.39. The molecule has 0 N–H and O–H groups in total. The van der Waals surface area contributed by atoms with Crippen LogP contribution in [0.1, 0.15) is 46.0 Å². The summed E-state index contributed by atoms with van der Waals surface area (Å²) in [5, 5.41) is 0. The first-order valence-electron chi connectivity index (χ1n) is 4.31. The van der Waals surface area contributed by atoms with E-state index < -0.39 is 0 Å². The van der Waals surface area contributed by atoms with Crippen molar-refractivity contribution in [3.63, 3.8) is 0 Å². The fraction of sp³-hybridized carbons (Fsp3) is 0.636. The topological polar surface area (TPSA) is 0 Å². The molecule has 0 aromatic heterocycles. The Morgan fingerprint density at radius 1 is 1.00 bits per heavy atom. The van der Waals surface area contributed by atoms with Crippen molar-refractivity contribution in [1.82, 2.24) is 0 Å². The standard InChI is InChI=1S/C11H16/c1-3-5-7-9-11-10-8-6-4-2/h3,5,7,9,11H2,1-2H3. The molecule has 11 heavy (non-hydrogen) atoms. The summed E-state index contributed by atoms with van der Waals surface area (Å²) in [5.41, 5.74) is 0. The normalized spacial score (nSPS) is 7.45. The van der Waals surface area contributed by atoms with Gasteiger partial charge in [-0.15, -0.1) is 0 Å². The van der Waals surface area contributed by atoms with Gasteiger partial charge in [0.15, 0.2) is 0 Å². The van der Waals surface area contributed by atoms with Crippen LogP contribution in [0.3, 0.4) is 0 Å². The summed E-state index contributed by atoms with van der Waals surface area (Å²) in [6, 6.07) is 0. The molecule has 0 atom stereocenters. The van der Waals surface area contributed by atoms with E-state index in [1.807, 2.05) is 6.92 Å². The first-order chi connectivity index (χ1) is 5.41. The molecule has 0 saturated carbocycles. The third kappa shape index (κ3) is 9.12. The Hall–Kier alpha value is -0.880. The Labute approximate surface area is 70.4 Å². The van der Waals surface area contributed by atoms with Crippen LogP contribution in [0.2, 0.25) is 0 Å². The molecule has 0 fully saturated rings. The maximum absolute atomic E-state index is 3.02. The average molecular weight is 148 g/mol. The fourth-order valence-electron chi connectivity index (χ4n) is 0.809. The van der Waals surface area contributed by atoms with Gasteiger partial charge in [-0.1, -0.05) is 38.0 Å². The van der Waals surface area contributed by atoms with E-state index in [-0.39, 0.29) is 0 Å². The van der Waals surface area contributed by atoms with E-state index in [2.05, 4.69) is 30.6 Å². The van der Waals surface area contributed by atoms with Crippen LogP contribution >= 0.6 is 0 Å². The molecule has 0 aliphatic heterocycles. The van der Waals surface area contributed by atoms with E-state index in [0.29, 0.717) is 0 Å². The molecule has 0 nitrogen and oxygen atoms in total. The second kappa shape index (κ2) is 9.12. The number of hydrogen-bond donors (Lipinski definition) is 0. The molecule has 0 unspecified atom stereocenters. The van der Waals surface area contributed by atoms with Crippen LogP contribution in [0.4, 0.5) is 0 Å². The second-order valence-corrected chi connectivity index (χ2v) is 2.49. The monoisotopic (exact) mass is 148 g/mol. The minimum absolute atomic E-state index is 1.01. The third-order valence-electron chi connectivity index (χ3n) is 1.43. The van der Waals surface area contributed by atoms with Crippen LogP contribution < -0.4 is 0 Å². The zero-order chi connectivity index (χ0) is 8.36. The van der Waals surface area contributed by atoms with Crippen LogP contribution in [0, 0.1) is 23.7 Å². The summed E-state index contributed by atoms with van der Waals surface area (Å²) in [6.07, 6.45) is 6.18. The molecule has 0 amide bonds. The fourth-order valence-corrected chi connectivity index (χ4v) is 0.809. The molecular weight excluding hydrogens is 132 g/mol. The Morgan fingerprint density at radius 2 is 1.82 bits per heavy atom. The molecule has 0 rings (SSSR count). The summed E-state index contributed by atoms with van der Waals surface area (Å²) in [6.45, 7) is 4.03. The first kappa shape index (κ1) is 10.1. The first-order valence-corrected chi connectivity index (χ1v) is 4.31. The van der Waals surface area contributed by atoms with Crippen molar-refractivity contribution in [2.75, 3.05) is 0 Å². The lowest BCUT2D eigenvalue weighted by atomic mass is 10.2. The quantitative estimate of drug-likeness (QED) is 0.424. The molecule has 0 aromatic rings. The summed E-state index contributed by atoms with van der Waals surface area (Å²) in [4.78, 5) is 0. The molecule has 0 bridgehead atoms. The highest BCUT2D eigenvalue weighted by molar-refractivity contribution is 5.24. The predicted octanol–water partition coefficient (Wildman–Crippen LogP) is 2.98. The highest BCUT2D eigenvalue weighted by atomic mass is 13.9. The van der Waals surface area contributed by atoms with Crippen LogP contribution in [-0.2, 0) is 0 Å². The van der Waals surface area contributed by atoms with E-state index in [0.717, 1.165) is 6.42 Å². The summed E-state index contributed by atoms with van der Waals surface area (Å²) >= 11 is 0. The van der Waals surface area contributed by atoms with Crippen molar-refractivity contribution < 1.29 is 0 Å². The molecule has 0 aromatic carbocycles. The second-order valence-electron chi connectivity index (χ2n) is 2.49. The lowest BCUT2D eigenvalue weighted by Gasteiger charge is -1.90. The number of hydrogen-bond acceptors (Lipinski definition) is 0. The zero-order valence-corrected chi connectivity index (χ0v) is 7.54. The van der Waals surface area contributed by atoms with Gasteiger partial charge in [0.1, 0.15) is 0 Å². The van der Waals surface area contributed by atoms with E-state index >= 15 is 0 Å². The summed E-state index contributed by atoms with van der Waals surface area (Å²) < 4.78 is 0. The predicted molar refractivity (Wildman–Crippen MR) is 50.0 cm³/mol. The minimum Gasteiger partial charge on any atom is -0.0925 e. The smallest absolute Gasteiger partial charge is 0.00989 e. The van der Waals surface area contributed by atoms with Gasteiger partial charge < -0.3 is 0 Å². The summed E-state index contributed by atoms with van der Waals surface area (Å²) in [7, 11) is 0. The number of unbranched alkanes of at least 4 members (excludes halogenated alkanes) is 4. The molecule has 0 spiro atoms. The molecule has 0 radical (unpaired) electrons. The minimum atomic E-state index is 1.01. The third-order valence-corrected chi connectivity index (χ3v) is 1.43. The molecular formula is C11H16. The van der Waals surface area contributed by atoms with Crippen molar-refractivity contribution in [2.45, 2.75) is 46.0 Å². The lowest BCUT2D eigenvalue weighted by Crippen LogP contribution is -1.73. The molecule has 0 heterocycles. The Bertz CT molecular complexity index is 180. The number of rotatable bonds is 4. The maximum atomic E-state index is 3.02. The van der Waals surface area contributed by atoms with Gasteiger partial charge >= 0.3 is 0 Å². The van der Waals surface area contributed by atoms with Gasteiger partial charge in [-0.05, 0) is 25.2 Å². The van der Waals surface area contributed by atoms with Crippen molar-refractivity contribution in [1.29, 1.82) is 0 Å². The van der Waals surface area contributed by atoms with Gasteiger partial charge in [0.2, 0.25) is 0 Å². The SMILES string of the molecule is CC#CC#CCCCCCC. The lowest BCUT2D eigenvalue weighted by molar-refractivity contribution is 0.680. The van der Waals surface area contributed by atoms with Gasteiger partial charge in [-0.3, -0.25) is 0 Å². The van der Waals surface area contributed by atoms with Crippen LogP contribution in [0.15, 0.2) is 0 Å². The largest absolute Gasteiger partial charge is 0.0925 e. The van der Waals surface area contributed by atoms with Crippen molar-refractivity contribution in [3.8, 4) is 23.7 Å². The molecule has 60 valence electrons. The van der Waals surface area contributed by atoms with Crippen LogP contribution in [0.5, 0.6) is 0 Å². The van der Waals surface area contributed by atoms with E-state index in [4.69, 9.17) is 0 Å². The van der Waals surface area contributed by atoms with Gasteiger partial charge in [-0.2, -0.15) is 0 Å². The van der Waals surface area contributed by atoms with E-state index in [1.165, 1.54) is 25.7 Å². The zero-order valence-electron chi connectivity index (χ0n) is 7.54. The van der Waals surface area contributed by atoms with Crippen molar-refractivity contribution in [3.05, 3.63) is 0 Å². The maximum Gasteiger partial charge on any atom is 0.00989 e. The molecule has 0 saturated heterocycles. The van der Waals surface area contributed by atoms with Gasteiger partial charge in [0, 0.05) is 6.42 Å². The van der Waals surface area contributed by atoms with Crippen molar-refractivity contribution >= 4 is 0 Å². The average Bonchev–Trinajstić information content (AvgIpc) is 2.03. The van der Waals surface area contributed by atoms with Crippen LogP contribution in [0.25, 0.3) is 0 Å². The highest BCUT2D eigenvalue weighted by Crippen LogP contribution is 2.00. The van der Waals surface area contributed by atoms with Gasteiger partial charge in [0.25, 0.3) is 0 Å². The molecule has 0 heteroatoms. The van der Waals surface area contributed by atoms with Gasteiger partial charge in [0.05, 0.1) is 0 Å². The summed E-state index contributed by atoms with van der Waals surface area (Å²) in [5.74, 6) is 11.3. The molecule has 0 aliphatic rings. The Morgan fingerprint density at radius 3 is 2.45 bits per heavy atom. The molecule has 0 aliphatic carbocycles. The highest BCUT2D eigenvalue weighted by Gasteiger charge is 1.82. The van der Waals surface area contributed by atoms with E-state index in [1.54, 1.807) is 0 Å². The van der Waals surface area contributed by atoms with Crippen LogP contribution in [-0.4, -0.2) is 0 Å². The van der Waals surface area contributed by atoms with Crippen molar-refractivity contribution in [2.24, 2.45) is 0 Å².